The Kier molecular flexibility index (Phi) is 4.64. The van der Waals surface area contributed by atoms with Gasteiger partial charge in [-0.25, -0.2) is 4.98 Å². The van der Waals surface area contributed by atoms with Crippen LogP contribution in [0.5, 0.6) is 0 Å². The first-order valence-corrected chi connectivity index (χ1v) is 10.7. The molecule has 0 aliphatic rings. The highest BCUT2D eigenvalue weighted by Gasteiger charge is 2.18. The normalized spacial score (nSPS) is 11.3. The van der Waals surface area contributed by atoms with Crippen LogP contribution in [-0.4, -0.2) is 14.5 Å². The van der Waals surface area contributed by atoms with Gasteiger partial charge >= 0.3 is 0 Å². The van der Waals surface area contributed by atoms with Crippen molar-refractivity contribution < 1.29 is 0 Å². The summed E-state index contributed by atoms with van der Waals surface area (Å²) in [5.41, 5.74) is 1.67. The Morgan fingerprint density at radius 2 is 1.57 bits per heavy atom. The van der Waals surface area contributed by atoms with Gasteiger partial charge in [0.25, 0.3) is 11.1 Å². The van der Waals surface area contributed by atoms with Crippen LogP contribution in [0, 0.1) is 0 Å². The maximum atomic E-state index is 13.5. The van der Waals surface area contributed by atoms with E-state index in [-0.39, 0.29) is 11.1 Å². The fourth-order valence-corrected chi connectivity index (χ4v) is 4.11. The van der Waals surface area contributed by atoms with Gasteiger partial charge in [0.1, 0.15) is 0 Å². The number of fused-ring (bicyclic) bond motifs is 2. The largest absolute Gasteiger partial charge is 0.321 e. The van der Waals surface area contributed by atoms with Crippen molar-refractivity contribution in [3.8, 4) is 17.1 Å². The van der Waals surface area contributed by atoms with E-state index in [4.69, 9.17) is 4.98 Å². The van der Waals surface area contributed by atoms with E-state index in [0.717, 1.165) is 19.8 Å². The minimum Gasteiger partial charge on any atom is -0.321 e. The van der Waals surface area contributed by atoms with E-state index in [1.165, 1.54) is 4.57 Å². The first-order valence-electron chi connectivity index (χ1n) is 9.12. The Morgan fingerprint density at radius 3 is 2.37 bits per heavy atom. The molecule has 0 radical (unpaired) electrons. The predicted molar refractivity (Wildman–Crippen MR) is 126 cm³/mol. The average Bonchev–Trinajstić information content (AvgIpc) is 2.74. The first kappa shape index (κ1) is 19.0. The van der Waals surface area contributed by atoms with Gasteiger partial charge in [0, 0.05) is 14.5 Å². The maximum absolute atomic E-state index is 13.5. The third-order valence-corrected chi connectivity index (χ3v) is 5.93. The zero-order valence-corrected chi connectivity index (χ0v) is 18.6. The second-order valence-electron chi connectivity index (χ2n) is 6.81. The zero-order valence-electron chi connectivity index (χ0n) is 15.4. The molecule has 5 aromatic rings. The number of benzene rings is 3. The van der Waals surface area contributed by atoms with Crippen molar-refractivity contribution in [1.29, 1.82) is 0 Å². The fraction of sp³-hybridized carbons (Fsp3) is 0. The lowest BCUT2D eigenvalue weighted by molar-refractivity contribution is 0.971. The smallest absolute Gasteiger partial charge is 0.266 e. The van der Waals surface area contributed by atoms with E-state index in [1.54, 1.807) is 18.2 Å². The lowest BCUT2D eigenvalue weighted by Gasteiger charge is -2.14. The van der Waals surface area contributed by atoms with E-state index in [1.807, 2.05) is 54.6 Å². The second kappa shape index (κ2) is 7.34. The summed E-state index contributed by atoms with van der Waals surface area (Å²) in [5, 5.41) is 1.33. The van der Waals surface area contributed by atoms with Crippen LogP contribution in [0.15, 0.2) is 91.3 Å². The zero-order chi connectivity index (χ0) is 20.8. The van der Waals surface area contributed by atoms with Gasteiger partial charge in [-0.1, -0.05) is 50.1 Å². The molecule has 0 atom stereocenters. The lowest BCUT2D eigenvalue weighted by Crippen LogP contribution is -2.24. The second-order valence-corrected chi connectivity index (χ2v) is 8.64. The molecule has 5 nitrogen and oxygen atoms in total. The Balaban J connectivity index is 1.92. The van der Waals surface area contributed by atoms with Crippen molar-refractivity contribution in [3.05, 3.63) is 102 Å². The van der Waals surface area contributed by atoms with Crippen LogP contribution >= 0.6 is 31.9 Å². The molecular weight excluding hydrogens is 510 g/mol. The highest BCUT2D eigenvalue weighted by molar-refractivity contribution is 9.10. The molecule has 0 saturated carbocycles. The van der Waals surface area contributed by atoms with Crippen LogP contribution in [0.2, 0.25) is 0 Å². The van der Waals surface area contributed by atoms with Crippen LogP contribution in [0.3, 0.4) is 0 Å². The number of nitrogens with zero attached hydrogens (tertiary/aromatic N) is 2. The van der Waals surface area contributed by atoms with Gasteiger partial charge < -0.3 is 4.98 Å². The van der Waals surface area contributed by atoms with Crippen LogP contribution < -0.4 is 11.1 Å². The maximum Gasteiger partial charge on any atom is 0.266 e. The minimum atomic E-state index is -0.303. The van der Waals surface area contributed by atoms with Gasteiger partial charge in [-0.05, 0) is 60.0 Å². The summed E-state index contributed by atoms with van der Waals surface area (Å²) in [7, 11) is 0. The van der Waals surface area contributed by atoms with Gasteiger partial charge in [-0.2, -0.15) is 0 Å². The number of nitrogens with one attached hydrogen (secondary N) is 1. The summed E-state index contributed by atoms with van der Waals surface area (Å²) in [6.45, 7) is 0. The summed E-state index contributed by atoms with van der Waals surface area (Å²) < 4.78 is 3.16. The van der Waals surface area contributed by atoms with Crippen LogP contribution in [-0.2, 0) is 0 Å². The monoisotopic (exact) mass is 521 g/mol. The Labute approximate surface area is 187 Å². The Bertz CT molecular complexity index is 1550. The molecule has 0 spiro atoms. The van der Waals surface area contributed by atoms with E-state index < -0.39 is 0 Å². The van der Waals surface area contributed by atoms with Crippen molar-refractivity contribution in [1.82, 2.24) is 14.5 Å². The van der Waals surface area contributed by atoms with Crippen molar-refractivity contribution >= 4 is 53.7 Å². The molecule has 7 heteroatoms. The van der Waals surface area contributed by atoms with Crippen LogP contribution in [0.4, 0.5) is 0 Å². The van der Waals surface area contributed by atoms with Crippen LogP contribution in [0.1, 0.15) is 0 Å². The molecular formula is C23H13Br2N3O2. The summed E-state index contributed by atoms with van der Waals surface area (Å²) in [6, 6.07) is 22.0. The molecule has 3 aromatic carbocycles. The van der Waals surface area contributed by atoms with Gasteiger partial charge in [0.05, 0.1) is 22.2 Å². The number of hydrogen-bond donors (Lipinski definition) is 1. The van der Waals surface area contributed by atoms with Gasteiger partial charge in [0.2, 0.25) is 0 Å². The van der Waals surface area contributed by atoms with Gasteiger partial charge in [-0.3, -0.25) is 14.2 Å². The minimum absolute atomic E-state index is 0.244. The van der Waals surface area contributed by atoms with E-state index in [9.17, 15) is 9.59 Å². The Hall–Kier alpha value is -3.03. The third kappa shape index (κ3) is 3.20. The summed E-state index contributed by atoms with van der Waals surface area (Å²) in [6.07, 6.45) is 0. The number of aromatic nitrogens is 3. The summed E-state index contributed by atoms with van der Waals surface area (Å²) >= 11 is 6.85. The molecule has 1 N–H and O–H groups in total. The fourth-order valence-electron chi connectivity index (χ4n) is 3.48. The van der Waals surface area contributed by atoms with E-state index >= 15 is 0 Å². The summed E-state index contributed by atoms with van der Waals surface area (Å²) in [5.74, 6) is 0.296. The molecule has 2 aromatic heterocycles. The molecule has 30 heavy (non-hydrogen) atoms. The Morgan fingerprint density at radius 1 is 0.833 bits per heavy atom. The predicted octanol–water partition coefficient (Wildman–Crippen LogP) is 5.42. The average molecular weight is 523 g/mol. The number of rotatable bonds is 2. The first-order chi connectivity index (χ1) is 14.5. The van der Waals surface area contributed by atoms with E-state index in [2.05, 4.69) is 36.8 Å². The number of aromatic amines is 1. The standard InChI is InChI=1S/C23H13Br2N3O2/c24-14-5-8-16(9-6-14)28-21(26-20-10-7-15(25)12-17(20)23(28)30)18-11-13-3-1-2-4-19(13)27-22(18)29/h1-12H,(H,27,29). The molecule has 0 bridgehead atoms. The molecule has 0 aliphatic heterocycles. The quantitative estimate of drug-likeness (QED) is 0.336. The van der Waals surface area contributed by atoms with Crippen molar-refractivity contribution in [2.75, 3.05) is 0 Å². The molecule has 0 saturated heterocycles. The number of para-hydroxylation sites is 1. The molecule has 0 amide bonds. The molecule has 0 fully saturated rings. The lowest BCUT2D eigenvalue weighted by atomic mass is 10.1. The van der Waals surface area contributed by atoms with Gasteiger partial charge in [0.15, 0.2) is 5.82 Å². The summed E-state index contributed by atoms with van der Waals surface area (Å²) in [4.78, 5) is 34.1. The highest BCUT2D eigenvalue weighted by atomic mass is 79.9. The molecule has 146 valence electrons. The molecule has 5 rings (SSSR count). The number of H-pyrrole nitrogens is 1. The van der Waals surface area contributed by atoms with Crippen LogP contribution in [0.25, 0.3) is 38.9 Å². The number of hydrogen-bond acceptors (Lipinski definition) is 3. The van der Waals surface area contributed by atoms with Gasteiger partial charge in [-0.15, -0.1) is 0 Å². The number of pyridine rings is 1. The van der Waals surface area contributed by atoms with Crippen molar-refractivity contribution in [2.45, 2.75) is 0 Å². The highest BCUT2D eigenvalue weighted by Crippen LogP contribution is 2.24. The number of halogens is 2. The van der Waals surface area contributed by atoms with E-state index in [0.29, 0.717) is 28.0 Å². The molecule has 0 aliphatic carbocycles. The SMILES string of the molecule is O=c1[nH]c2ccccc2cc1-c1nc2ccc(Br)cc2c(=O)n1-c1ccc(Br)cc1. The molecule has 2 heterocycles. The molecule has 0 unspecified atom stereocenters. The van der Waals surface area contributed by atoms with Crippen molar-refractivity contribution in [3.63, 3.8) is 0 Å². The van der Waals surface area contributed by atoms with Crippen molar-refractivity contribution in [2.24, 2.45) is 0 Å². The third-order valence-electron chi connectivity index (χ3n) is 4.91. The topological polar surface area (TPSA) is 67.8 Å².